The van der Waals surface area contributed by atoms with Crippen LogP contribution in [0.2, 0.25) is 0 Å². The third kappa shape index (κ3) is 3.00. The lowest BCUT2D eigenvalue weighted by atomic mass is 9.96. The molecular weight excluding hydrogens is 368 g/mol. The predicted octanol–water partition coefficient (Wildman–Crippen LogP) is 4.29. The van der Waals surface area contributed by atoms with Crippen LogP contribution in [0.25, 0.3) is 10.2 Å². The van der Waals surface area contributed by atoms with Crippen LogP contribution in [0.4, 0.5) is 11.5 Å². The SMILES string of the molecule is COc1cccc(N2CCN(c3ncnc4sc5c(c34)CCCC5)C[C@@H]2C)c1. The first-order valence-corrected chi connectivity index (χ1v) is 11.0. The number of hydrogen-bond donors (Lipinski definition) is 0. The lowest BCUT2D eigenvalue weighted by molar-refractivity contribution is 0.414. The fourth-order valence-corrected chi connectivity index (χ4v) is 5.86. The number of ether oxygens (including phenoxy) is 1. The van der Waals surface area contributed by atoms with E-state index >= 15 is 0 Å². The molecule has 6 heteroatoms. The fourth-order valence-electron chi connectivity index (χ4n) is 4.64. The largest absolute Gasteiger partial charge is 0.497 e. The van der Waals surface area contributed by atoms with E-state index in [2.05, 4.69) is 39.9 Å². The van der Waals surface area contributed by atoms with Crippen molar-refractivity contribution >= 4 is 33.1 Å². The summed E-state index contributed by atoms with van der Waals surface area (Å²) in [5.41, 5.74) is 2.75. The lowest BCUT2D eigenvalue weighted by Crippen LogP contribution is -2.52. The minimum atomic E-state index is 0.403. The highest BCUT2D eigenvalue weighted by Gasteiger charge is 2.28. The van der Waals surface area contributed by atoms with Crippen molar-refractivity contribution in [2.24, 2.45) is 0 Å². The first-order valence-electron chi connectivity index (χ1n) is 10.2. The highest BCUT2D eigenvalue weighted by atomic mass is 32.1. The number of aromatic nitrogens is 2. The Morgan fingerprint density at radius 3 is 2.89 bits per heavy atom. The number of methoxy groups -OCH3 is 1. The third-order valence-electron chi connectivity index (χ3n) is 6.04. The molecule has 28 heavy (non-hydrogen) atoms. The molecule has 3 aromatic rings. The van der Waals surface area contributed by atoms with Crippen molar-refractivity contribution < 1.29 is 4.74 Å². The van der Waals surface area contributed by atoms with Crippen molar-refractivity contribution in [2.75, 3.05) is 36.5 Å². The standard InChI is InChI=1S/C22H26N4OS/c1-15-13-25(10-11-26(15)16-6-5-7-17(12-16)27-2)21-20-18-8-3-4-9-19(18)28-22(20)24-14-23-21/h5-7,12,14-15H,3-4,8-11,13H2,1-2H3/t15-/m0/s1. The van der Waals surface area contributed by atoms with Crippen LogP contribution in [-0.2, 0) is 12.8 Å². The Balaban J connectivity index is 1.44. The van der Waals surface area contributed by atoms with Gasteiger partial charge in [0, 0.05) is 42.3 Å². The lowest BCUT2D eigenvalue weighted by Gasteiger charge is -2.42. The zero-order valence-electron chi connectivity index (χ0n) is 16.5. The number of fused-ring (bicyclic) bond motifs is 3. The molecule has 3 heterocycles. The molecular formula is C22H26N4OS. The molecule has 1 fully saturated rings. The number of aryl methyl sites for hydroxylation is 2. The number of nitrogens with zero attached hydrogens (tertiary/aromatic N) is 4. The van der Waals surface area contributed by atoms with Crippen LogP contribution in [0.3, 0.4) is 0 Å². The normalized spacial score (nSPS) is 19.7. The van der Waals surface area contributed by atoms with Gasteiger partial charge in [0.05, 0.1) is 12.5 Å². The van der Waals surface area contributed by atoms with E-state index in [1.807, 2.05) is 17.4 Å². The summed E-state index contributed by atoms with van der Waals surface area (Å²) in [4.78, 5) is 17.0. The molecule has 0 spiro atoms. The second kappa shape index (κ2) is 7.24. The maximum absolute atomic E-state index is 5.41. The van der Waals surface area contributed by atoms with E-state index in [1.54, 1.807) is 13.4 Å². The van der Waals surface area contributed by atoms with E-state index in [-0.39, 0.29) is 0 Å². The number of thiophene rings is 1. The van der Waals surface area contributed by atoms with E-state index in [4.69, 9.17) is 9.72 Å². The molecule has 146 valence electrons. The monoisotopic (exact) mass is 394 g/mol. The van der Waals surface area contributed by atoms with Crippen LogP contribution in [0.15, 0.2) is 30.6 Å². The number of anilines is 2. The van der Waals surface area contributed by atoms with Crippen molar-refractivity contribution in [1.82, 2.24) is 9.97 Å². The van der Waals surface area contributed by atoms with Gasteiger partial charge < -0.3 is 14.5 Å². The Bertz CT molecular complexity index is 1000. The van der Waals surface area contributed by atoms with Crippen LogP contribution in [-0.4, -0.2) is 42.8 Å². The van der Waals surface area contributed by atoms with Crippen molar-refractivity contribution in [3.05, 3.63) is 41.0 Å². The summed E-state index contributed by atoms with van der Waals surface area (Å²) in [6.07, 6.45) is 6.72. The van der Waals surface area contributed by atoms with Crippen molar-refractivity contribution in [2.45, 2.75) is 38.6 Å². The van der Waals surface area contributed by atoms with E-state index < -0.39 is 0 Å². The van der Waals surface area contributed by atoms with Gasteiger partial charge in [-0.3, -0.25) is 0 Å². The van der Waals surface area contributed by atoms with Crippen LogP contribution in [0.5, 0.6) is 5.75 Å². The highest BCUT2D eigenvalue weighted by molar-refractivity contribution is 7.19. The Morgan fingerprint density at radius 2 is 2.04 bits per heavy atom. The second-order valence-electron chi connectivity index (χ2n) is 7.78. The molecule has 0 unspecified atom stereocenters. The smallest absolute Gasteiger partial charge is 0.141 e. The number of hydrogen-bond acceptors (Lipinski definition) is 6. The van der Waals surface area contributed by atoms with Gasteiger partial charge in [-0.15, -0.1) is 11.3 Å². The molecule has 1 aliphatic carbocycles. The van der Waals surface area contributed by atoms with Crippen LogP contribution in [0, 0.1) is 0 Å². The molecule has 1 atom stereocenters. The molecule has 0 N–H and O–H groups in total. The molecule has 0 bridgehead atoms. The zero-order valence-corrected chi connectivity index (χ0v) is 17.3. The average molecular weight is 395 g/mol. The molecule has 2 aliphatic rings. The third-order valence-corrected chi connectivity index (χ3v) is 7.24. The van der Waals surface area contributed by atoms with Gasteiger partial charge in [-0.25, -0.2) is 9.97 Å². The maximum Gasteiger partial charge on any atom is 0.141 e. The van der Waals surface area contributed by atoms with E-state index in [0.29, 0.717) is 6.04 Å². The van der Waals surface area contributed by atoms with Gasteiger partial charge in [0.2, 0.25) is 0 Å². The van der Waals surface area contributed by atoms with Crippen molar-refractivity contribution in [3.63, 3.8) is 0 Å². The van der Waals surface area contributed by atoms with Gasteiger partial charge in [-0.1, -0.05) is 6.07 Å². The Hall–Kier alpha value is -2.34. The first-order chi connectivity index (χ1) is 13.7. The van der Waals surface area contributed by atoms with Gasteiger partial charge in [-0.2, -0.15) is 0 Å². The predicted molar refractivity (Wildman–Crippen MR) is 116 cm³/mol. The molecule has 0 amide bonds. The van der Waals surface area contributed by atoms with E-state index in [9.17, 15) is 0 Å². The summed E-state index contributed by atoms with van der Waals surface area (Å²) in [5, 5.41) is 1.32. The molecule has 1 aliphatic heterocycles. The van der Waals surface area contributed by atoms with E-state index in [0.717, 1.165) is 31.2 Å². The summed E-state index contributed by atoms with van der Waals surface area (Å²) in [6, 6.07) is 8.78. The molecule has 5 rings (SSSR count). The summed E-state index contributed by atoms with van der Waals surface area (Å²) in [5.74, 6) is 2.05. The summed E-state index contributed by atoms with van der Waals surface area (Å²) in [6.45, 7) is 5.21. The van der Waals surface area contributed by atoms with Crippen LogP contribution >= 0.6 is 11.3 Å². The summed E-state index contributed by atoms with van der Waals surface area (Å²) in [7, 11) is 1.72. The molecule has 2 aromatic heterocycles. The number of piperazine rings is 1. The summed E-state index contributed by atoms with van der Waals surface area (Å²) < 4.78 is 5.41. The molecule has 5 nitrogen and oxygen atoms in total. The minimum Gasteiger partial charge on any atom is -0.497 e. The Kier molecular flexibility index (Phi) is 4.59. The molecule has 1 saturated heterocycles. The van der Waals surface area contributed by atoms with E-state index in [1.165, 1.54) is 52.0 Å². The topological polar surface area (TPSA) is 41.5 Å². The number of rotatable bonds is 3. The number of benzene rings is 1. The van der Waals surface area contributed by atoms with Gasteiger partial charge >= 0.3 is 0 Å². The quantitative estimate of drug-likeness (QED) is 0.663. The van der Waals surface area contributed by atoms with Crippen LogP contribution < -0.4 is 14.5 Å². The van der Waals surface area contributed by atoms with Gasteiger partial charge in [-0.05, 0) is 50.3 Å². The van der Waals surface area contributed by atoms with Gasteiger partial charge in [0.25, 0.3) is 0 Å². The fraction of sp³-hybridized carbons (Fsp3) is 0.455. The summed E-state index contributed by atoms with van der Waals surface area (Å²) >= 11 is 1.88. The van der Waals surface area contributed by atoms with Gasteiger partial charge in [0.1, 0.15) is 22.7 Å². The Morgan fingerprint density at radius 1 is 1.14 bits per heavy atom. The molecule has 1 aromatic carbocycles. The molecule has 0 radical (unpaired) electrons. The van der Waals surface area contributed by atoms with Gasteiger partial charge in [0.15, 0.2) is 0 Å². The highest BCUT2D eigenvalue weighted by Crippen LogP contribution is 2.39. The molecule has 0 saturated carbocycles. The first kappa shape index (κ1) is 17.7. The van der Waals surface area contributed by atoms with Crippen LogP contribution in [0.1, 0.15) is 30.2 Å². The Labute approximate surface area is 170 Å². The second-order valence-corrected chi connectivity index (χ2v) is 8.86. The van der Waals surface area contributed by atoms with Crippen molar-refractivity contribution in [3.8, 4) is 5.75 Å². The average Bonchev–Trinajstić information content (AvgIpc) is 3.12. The minimum absolute atomic E-state index is 0.403. The maximum atomic E-state index is 5.41. The van der Waals surface area contributed by atoms with Crippen molar-refractivity contribution in [1.29, 1.82) is 0 Å². The zero-order chi connectivity index (χ0) is 19.1.